The molecular weight excluding hydrogens is 246 g/mol. The van der Waals surface area contributed by atoms with Crippen molar-refractivity contribution in [3.63, 3.8) is 0 Å². The van der Waals surface area contributed by atoms with Crippen molar-refractivity contribution in [2.75, 3.05) is 0 Å². The van der Waals surface area contributed by atoms with Gasteiger partial charge in [-0.05, 0) is 12.1 Å². The lowest BCUT2D eigenvalue weighted by Crippen LogP contribution is -2.11. The lowest BCUT2D eigenvalue weighted by Gasteiger charge is -2.03. The van der Waals surface area contributed by atoms with Crippen LogP contribution in [0.4, 0.5) is 0 Å². The Bertz CT molecular complexity index is 777. The molecule has 3 rings (SSSR count). The molecule has 0 fully saturated rings. The number of pyridine rings is 1. The molecule has 3 aromatic heterocycles. The van der Waals surface area contributed by atoms with Gasteiger partial charge in [-0.1, -0.05) is 0 Å². The quantitative estimate of drug-likeness (QED) is 0.743. The third-order valence-corrected chi connectivity index (χ3v) is 2.61. The zero-order chi connectivity index (χ0) is 13.2. The van der Waals surface area contributed by atoms with Gasteiger partial charge in [0.25, 0.3) is 11.6 Å². The summed E-state index contributed by atoms with van der Waals surface area (Å²) in [5.74, 6) is 0. The first-order chi connectivity index (χ1) is 9.22. The molecule has 0 atom stereocenters. The highest BCUT2D eigenvalue weighted by Crippen LogP contribution is 2.09. The van der Waals surface area contributed by atoms with Crippen LogP contribution in [0.5, 0.6) is 6.01 Å². The number of nitrogens with zero attached hydrogens (tertiary/aromatic N) is 4. The van der Waals surface area contributed by atoms with Gasteiger partial charge in [-0.15, -0.1) is 0 Å². The van der Waals surface area contributed by atoms with E-state index in [0.717, 1.165) is 5.69 Å². The maximum Gasteiger partial charge on any atom is 0.297 e. The second-order valence-corrected chi connectivity index (χ2v) is 4.03. The molecule has 3 aromatic rings. The predicted octanol–water partition coefficient (Wildman–Crippen LogP) is 0.631. The average Bonchev–Trinajstić information content (AvgIpc) is 2.82. The Morgan fingerprint density at radius 3 is 3.11 bits per heavy atom. The fourth-order valence-corrected chi connectivity index (χ4v) is 1.72. The Morgan fingerprint density at radius 2 is 2.32 bits per heavy atom. The largest absolute Gasteiger partial charge is 0.458 e. The number of nitrogens with one attached hydrogen (secondary N) is 1. The highest BCUT2D eigenvalue weighted by molar-refractivity contribution is 5.76. The maximum absolute atomic E-state index is 11.8. The summed E-state index contributed by atoms with van der Waals surface area (Å²) in [6.45, 7) is 0.246. The minimum absolute atomic E-state index is 0.163. The number of aryl methyl sites for hydroxylation is 1. The molecule has 0 amide bonds. The second kappa shape index (κ2) is 4.52. The van der Waals surface area contributed by atoms with Crippen LogP contribution in [-0.2, 0) is 13.7 Å². The standard InChI is InChI=1S/C12H11N5O2/c1-17-5-3-8(16-17)7-19-12-14-10-6-13-4-2-9(10)11(18)15-12/h2-6H,7H2,1H3,(H,14,15,18). The normalized spacial score (nSPS) is 10.8. The lowest BCUT2D eigenvalue weighted by molar-refractivity contribution is 0.276. The van der Waals surface area contributed by atoms with Crippen molar-refractivity contribution in [2.24, 2.45) is 7.05 Å². The minimum Gasteiger partial charge on any atom is -0.458 e. The summed E-state index contributed by atoms with van der Waals surface area (Å²) in [6.07, 6.45) is 4.89. The molecule has 0 saturated heterocycles. The monoisotopic (exact) mass is 257 g/mol. The van der Waals surface area contributed by atoms with E-state index in [9.17, 15) is 4.79 Å². The van der Waals surface area contributed by atoms with E-state index in [4.69, 9.17) is 4.74 Å². The van der Waals surface area contributed by atoms with Gasteiger partial charge in [-0.3, -0.25) is 19.4 Å². The molecule has 0 spiro atoms. The number of aromatic nitrogens is 5. The first kappa shape index (κ1) is 11.4. The third-order valence-electron chi connectivity index (χ3n) is 2.61. The first-order valence-electron chi connectivity index (χ1n) is 5.68. The van der Waals surface area contributed by atoms with Crippen LogP contribution in [0.3, 0.4) is 0 Å². The molecule has 7 nitrogen and oxygen atoms in total. The van der Waals surface area contributed by atoms with E-state index < -0.39 is 0 Å². The molecule has 0 saturated carbocycles. The van der Waals surface area contributed by atoms with Crippen LogP contribution < -0.4 is 10.3 Å². The molecule has 0 unspecified atom stereocenters. The van der Waals surface area contributed by atoms with E-state index in [2.05, 4.69) is 20.1 Å². The molecule has 0 aromatic carbocycles. The van der Waals surface area contributed by atoms with E-state index in [1.807, 2.05) is 19.3 Å². The van der Waals surface area contributed by atoms with E-state index in [0.29, 0.717) is 10.9 Å². The summed E-state index contributed by atoms with van der Waals surface area (Å²) in [4.78, 5) is 22.5. The van der Waals surface area contributed by atoms with Crippen molar-refractivity contribution in [3.05, 3.63) is 46.8 Å². The van der Waals surface area contributed by atoms with Gasteiger partial charge in [0.2, 0.25) is 0 Å². The van der Waals surface area contributed by atoms with Crippen molar-refractivity contribution in [2.45, 2.75) is 6.61 Å². The van der Waals surface area contributed by atoms with Crippen LogP contribution in [0.25, 0.3) is 10.9 Å². The molecule has 1 N–H and O–H groups in total. The molecule has 0 radical (unpaired) electrons. The molecule has 0 aliphatic rings. The fourth-order valence-electron chi connectivity index (χ4n) is 1.72. The van der Waals surface area contributed by atoms with Crippen LogP contribution in [0.2, 0.25) is 0 Å². The summed E-state index contributed by atoms with van der Waals surface area (Å²) < 4.78 is 7.10. The highest BCUT2D eigenvalue weighted by Gasteiger charge is 2.05. The van der Waals surface area contributed by atoms with Crippen molar-refractivity contribution >= 4 is 10.9 Å². The number of aromatic amines is 1. The molecular formula is C12H11N5O2. The zero-order valence-corrected chi connectivity index (χ0v) is 10.2. The molecule has 0 aliphatic heterocycles. The molecule has 0 aliphatic carbocycles. The number of ether oxygens (including phenoxy) is 1. The number of hydrogen-bond donors (Lipinski definition) is 1. The maximum atomic E-state index is 11.8. The molecule has 3 heterocycles. The van der Waals surface area contributed by atoms with Gasteiger partial charge in [-0.2, -0.15) is 10.1 Å². The van der Waals surface area contributed by atoms with Crippen LogP contribution in [-0.4, -0.2) is 24.7 Å². The fraction of sp³-hybridized carbons (Fsp3) is 0.167. The van der Waals surface area contributed by atoms with Gasteiger partial charge in [0.05, 0.1) is 22.8 Å². The SMILES string of the molecule is Cn1ccc(COc2nc3cnccc3c(=O)[nH]2)n1. The van der Waals surface area contributed by atoms with Gasteiger partial charge < -0.3 is 4.74 Å². The summed E-state index contributed by atoms with van der Waals surface area (Å²) in [5.41, 5.74) is 1.02. The Balaban J connectivity index is 1.87. The van der Waals surface area contributed by atoms with Gasteiger partial charge >= 0.3 is 0 Å². The van der Waals surface area contributed by atoms with Gasteiger partial charge in [0.15, 0.2) is 0 Å². The van der Waals surface area contributed by atoms with Crippen LogP contribution in [0, 0.1) is 0 Å². The minimum atomic E-state index is -0.247. The smallest absolute Gasteiger partial charge is 0.297 e. The van der Waals surface area contributed by atoms with Crippen molar-refractivity contribution < 1.29 is 4.74 Å². The summed E-state index contributed by atoms with van der Waals surface area (Å²) in [5, 5.41) is 4.66. The Kier molecular flexibility index (Phi) is 2.71. The number of H-pyrrole nitrogens is 1. The Morgan fingerprint density at radius 1 is 1.42 bits per heavy atom. The topological polar surface area (TPSA) is 85.7 Å². The van der Waals surface area contributed by atoms with Crippen molar-refractivity contribution in [3.8, 4) is 6.01 Å². The summed E-state index contributed by atoms with van der Waals surface area (Å²) in [7, 11) is 1.82. The first-order valence-corrected chi connectivity index (χ1v) is 5.68. The zero-order valence-electron chi connectivity index (χ0n) is 10.2. The van der Waals surface area contributed by atoms with E-state index >= 15 is 0 Å². The summed E-state index contributed by atoms with van der Waals surface area (Å²) in [6, 6.07) is 3.61. The van der Waals surface area contributed by atoms with E-state index in [-0.39, 0.29) is 18.2 Å². The van der Waals surface area contributed by atoms with Gasteiger partial charge in [0, 0.05) is 19.4 Å². The van der Waals surface area contributed by atoms with Crippen LogP contribution in [0.15, 0.2) is 35.5 Å². The average molecular weight is 257 g/mol. The van der Waals surface area contributed by atoms with Crippen LogP contribution >= 0.6 is 0 Å². The van der Waals surface area contributed by atoms with Crippen molar-refractivity contribution in [1.29, 1.82) is 0 Å². The van der Waals surface area contributed by atoms with E-state index in [1.54, 1.807) is 16.9 Å². The van der Waals surface area contributed by atoms with Crippen LogP contribution in [0.1, 0.15) is 5.69 Å². The van der Waals surface area contributed by atoms with Gasteiger partial charge in [-0.25, -0.2) is 0 Å². The van der Waals surface area contributed by atoms with Gasteiger partial charge in [0.1, 0.15) is 6.61 Å². The Labute approximate surface area is 107 Å². The predicted molar refractivity (Wildman–Crippen MR) is 67.7 cm³/mol. The molecule has 19 heavy (non-hydrogen) atoms. The lowest BCUT2D eigenvalue weighted by atomic mass is 10.3. The third kappa shape index (κ3) is 2.30. The summed E-state index contributed by atoms with van der Waals surface area (Å²) >= 11 is 0. The highest BCUT2D eigenvalue weighted by atomic mass is 16.5. The van der Waals surface area contributed by atoms with Crippen molar-refractivity contribution in [1.82, 2.24) is 24.7 Å². The van der Waals surface area contributed by atoms with E-state index in [1.165, 1.54) is 6.20 Å². The second-order valence-electron chi connectivity index (χ2n) is 4.03. The number of hydrogen-bond acceptors (Lipinski definition) is 5. The molecule has 7 heteroatoms. The molecule has 0 bridgehead atoms. The number of fused-ring (bicyclic) bond motifs is 1. The Hall–Kier alpha value is -2.70. The molecule has 96 valence electrons. The number of rotatable bonds is 3.